The summed E-state index contributed by atoms with van der Waals surface area (Å²) >= 11 is 6.15. The highest BCUT2D eigenvalue weighted by Crippen LogP contribution is 2.26. The van der Waals surface area contributed by atoms with E-state index in [4.69, 9.17) is 11.6 Å². The summed E-state index contributed by atoms with van der Waals surface area (Å²) in [7, 11) is 0. The minimum absolute atomic E-state index is 0.345. The van der Waals surface area contributed by atoms with Crippen molar-refractivity contribution in [3.63, 3.8) is 0 Å². The molecule has 0 aliphatic rings. The van der Waals surface area contributed by atoms with Crippen molar-refractivity contribution in [1.29, 1.82) is 0 Å². The van der Waals surface area contributed by atoms with E-state index < -0.39 is 11.6 Å². The van der Waals surface area contributed by atoms with Gasteiger partial charge in [0.25, 0.3) is 0 Å². The fourth-order valence-electron chi connectivity index (χ4n) is 1.88. The van der Waals surface area contributed by atoms with E-state index in [1.165, 1.54) is 6.07 Å². The Morgan fingerprint density at radius 3 is 2.30 bits per heavy atom. The van der Waals surface area contributed by atoms with Gasteiger partial charge in [-0.3, -0.25) is 0 Å². The summed E-state index contributed by atoms with van der Waals surface area (Å²) < 4.78 is 26.2. The summed E-state index contributed by atoms with van der Waals surface area (Å²) in [5.74, 6) is -1.69. The van der Waals surface area contributed by atoms with Crippen LogP contribution in [-0.2, 0) is 6.54 Å². The summed E-state index contributed by atoms with van der Waals surface area (Å²) in [5.41, 5.74) is 2.38. The highest BCUT2D eigenvalue weighted by molar-refractivity contribution is 6.31. The SMILES string of the molecule is CC(C)NCc1cc(-c2ccc(F)c(F)c2)ccc1Cl. The molecule has 1 N–H and O–H groups in total. The zero-order chi connectivity index (χ0) is 14.7. The van der Waals surface area contributed by atoms with Crippen LogP contribution >= 0.6 is 11.6 Å². The predicted molar refractivity (Wildman–Crippen MR) is 78.8 cm³/mol. The number of benzene rings is 2. The Balaban J connectivity index is 2.32. The van der Waals surface area contributed by atoms with Gasteiger partial charge in [0.2, 0.25) is 0 Å². The van der Waals surface area contributed by atoms with Crippen LogP contribution in [0.5, 0.6) is 0 Å². The standard InChI is InChI=1S/C16H16ClF2N/c1-10(2)20-9-13-7-11(3-5-14(13)17)12-4-6-15(18)16(19)8-12/h3-8,10,20H,9H2,1-2H3. The Labute approximate surface area is 122 Å². The first-order chi connectivity index (χ1) is 9.47. The van der Waals surface area contributed by atoms with Crippen LogP contribution in [0.2, 0.25) is 5.02 Å². The van der Waals surface area contributed by atoms with Gasteiger partial charge in [0, 0.05) is 17.6 Å². The lowest BCUT2D eigenvalue weighted by Gasteiger charge is -2.11. The molecule has 0 spiro atoms. The predicted octanol–water partition coefficient (Wildman–Crippen LogP) is 4.78. The quantitative estimate of drug-likeness (QED) is 0.855. The molecule has 0 unspecified atom stereocenters. The largest absolute Gasteiger partial charge is 0.310 e. The average molecular weight is 296 g/mol. The Morgan fingerprint density at radius 1 is 1.00 bits per heavy atom. The van der Waals surface area contributed by atoms with Crippen molar-refractivity contribution in [3.05, 3.63) is 58.6 Å². The van der Waals surface area contributed by atoms with E-state index in [2.05, 4.69) is 5.32 Å². The second-order valence-corrected chi connectivity index (χ2v) is 5.38. The maximum absolute atomic E-state index is 13.3. The minimum Gasteiger partial charge on any atom is -0.310 e. The third kappa shape index (κ3) is 3.56. The highest BCUT2D eigenvalue weighted by atomic mass is 35.5. The maximum atomic E-state index is 13.3. The number of hydrogen-bond donors (Lipinski definition) is 1. The van der Waals surface area contributed by atoms with Crippen LogP contribution in [0.15, 0.2) is 36.4 Å². The van der Waals surface area contributed by atoms with Crippen LogP contribution in [0.25, 0.3) is 11.1 Å². The summed E-state index contributed by atoms with van der Waals surface area (Å²) in [5, 5.41) is 3.94. The van der Waals surface area contributed by atoms with Gasteiger partial charge >= 0.3 is 0 Å². The van der Waals surface area contributed by atoms with Crippen molar-refractivity contribution in [2.45, 2.75) is 26.4 Å². The zero-order valence-electron chi connectivity index (χ0n) is 11.4. The normalized spacial score (nSPS) is 11.1. The van der Waals surface area contributed by atoms with Crippen molar-refractivity contribution in [2.75, 3.05) is 0 Å². The Morgan fingerprint density at radius 2 is 1.65 bits per heavy atom. The molecule has 0 atom stereocenters. The van der Waals surface area contributed by atoms with Crippen molar-refractivity contribution in [1.82, 2.24) is 5.32 Å². The first-order valence-electron chi connectivity index (χ1n) is 6.44. The van der Waals surface area contributed by atoms with Crippen LogP contribution < -0.4 is 5.32 Å². The molecule has 2 aromatic rings. The molecule has 2 rings (SSSR count). The molecule has 20 heavy (non-hydrogen) atoms. The van der Waals surface area contributed by atoms with Crippen LogP contribution in [0, 0.1) is 11.6 Å². The lowest BCUT2D eigenvalue weighted by atomic mass is 10.0. The van der Waals surface area contributed by atoms with Crippen molar-refractivity contribution < 1.29 is 8.78 Å². The van der Waals surface area contributed by atoms with E-state index in [-0.39, 0.29) is 0 Å². The fourth-order valence-corrected chi connectivity index (χ4v) is 2.06. The summed E-state index contributed by atoms with van der Waals surface area (Å²) in [4.78, 5) is 0. The molecule has 0 aliphatic heterocycles. The van der Waals surface area contributed by atoms with E-state index in [1.807, 2.05) is 19.9 Å². The van der Waals surface area contributed by atoms with Gasteiger partial charge < -0.3 is 5.32 Å². The van der Waals surface area contributed by atoms with E-state index >= 15 is 0 Å². The van der Waals surface area contributed by atoms with Crippen LogP contribution in [0.1, 0.15) is 19.4 Å². The highest BCUT2D eigenvalue weighted by Gasteiger charge is 2.07. The fraction of sp³-hybridized carbons (Fsp3) is 0.250. The Bertz CT molecular complexity index is 611. The monoisotopic (exact) mass is 295 g/mol. The molecule has 106 valence electrons. The topological polar surface area (TPSA) is 12.0 Å². The molecule has 0 saturated carbocycles. The van der Waals surface area contributed by atoms with E-state index in [9.17, 15) is 8.78 Å². The summed E-state index contributed by atoms with van der Waals surface area (Å²) in [6.07, 6.45) is 0. The third-order valence-electron chi connectivity index (χ3n) is 3.00. The molecule has 0 heterocycles. The number of hydrogen-bond acceptors (Lipinski definition) is 1. The van der Waals surface area contributed by atoms with Crippen molar-refractivity contribution >= 4 is 11.6 Å². The number of halogens is 3. The van der Waals surface area contributed by atoms with E-state index in [0.29, 0.717) is 23.2 Å². The van der Waals surface area contributed by atoms with Crippen molar-refractivity contribution in [3.8, 4) is 11.1 Å². The lowest BCUT2D eigenvalue weighted by Crippen LogP contribution is -2.21. The van der Waals surface area contributed by atoms with Crippen LogP contribution in [0.3, 0.4) is 0 Å². The first-order valence-corrected chi connectivity index (χ1v) is 6.82. The second kappa shape index (κ2) is 6.33. The van der Waals surface area contributed by atoms with Gasteiger partial charge in [-0.2, -0.15) is 0 Å². The molecule has 0 bridgehead atoms. The van der Waals surface area contributed by atoms with Gasteiger partial charge in [0.05, 0.1) is 0 Å². The van der Waals surface area contributed by atoms with Gasteiger partial charge in [-0.15, -0.1) is 0 Å². The molecular formula is C16H16ClF2N. The number of nitrogens with one attached hydrogen (secondary N) is 1. The molecule has 4 heteroatoms. The molecule has 0 amide bonds. The Hall–Kier alpha value is -1.45. The Kier molecular flexibility index (Phi) is 4.73. The van der Waals surface area contributed by atoms with E-state index in [0.717, 1.165) is 17.2 Å². The van der Waals surface area contributed by atoms with Gasteiger partial charge in [-0.1, -0.05) is 37.6 Å². The molecule has 0 fully saturated rings. The molecule has 0 aromatic heterocycles. The molecular weight excluding hydrogens is 280 g/mol. The van der Waals surface area contributed by atoms with Crippen molar-refractivity contribution in [2.24, 2.45) is 0 Å². The molecule has 0 radical (unpaired) electrons. The van der Waals surface area contributed by atoms with E-state index in [1.54, 1.807) is 18.2 Å². The summed E-state index contributed by atoms with van der Waals surface area (Å²) in [6.45, 7) is 4.73. The molecule has 1 nitrogen and oxygen atoms in total. The molecule has 2 aromatic carbocycles. The number of rotatable bonds is 4. The van der Waals surface area contributed by atoms with Crippen LogP contribution in [-0.4, -0.2) is 6.04 Å². The lowest BCUT2D eigenvalue weighted by molar-refractivity contribution is 0.509. The maximum Gasteiger partial charge on any atom is 0.159 e. The van der Waals surface area contributed by atoms with Gasteiger partial charge in [-0.25, -0.2) is 8.78 Å². The second-order valence-electron chi connectivity index (χ2n) is 4.97. The zero-order valence-corrected chi connectivity index (χ0v) is 12.1. The first kappa shape index (κ1) is 14.9. The molecule has 0 aliphatic carbocycles. The minimum atomic E-state index is -0.848. The van der Waals surface area contributed by atoms with Gasteiger partial charge in [0.15, 0.2) is 11.6 Å². The van der Waals surface area contributed by atoms with Gasteiger partial charge in [-0.05, 0) is 41.0 Å². The smallest absolute Gasteiger partial charge is 0.159 e. The molecule has 0 saturated heterocycles. The summed E-state index contributed by atoms with van der Waals surface area (Å²) in [6, 6.07) is 9.69. The average Bonchev–Trinajstić information content (AvgIpc) is 2.41. The van der Waals surface area contributed by atoms with Gasteiger partial charge in [0.1, 0.15) is 0 Å². The van der Waals surface area contributed by atoms with Crippen LogP contribution in [0.4, 0.5) is 8.78 Å². The third-order valence-corrected chi connectivity index (χ3v) is 3.37.